The lowest BCUT2D eigenvalue weighted by Crippen LogP contribution is -2.30. The van der Waals surface area contributed by atoms with Crippen LogP contribution in [-0.4, -0.2) is 21.4 Å². The van der Waals surface area contributed by atoms with Crippen LogP contribution in [0.2, 0.25) is 0 Å². The van der Waals surface area contributed by atoms with Crippen LogP contribution >= 0.6 is 0 Å². The van der Waals surface area contributed by atoms with Crippen LogP contribution in [0.5, 0.6) is 0 Å². The molecule has 3 aromatic rings. The van der Waals surface area contributed by atoms with E-state index >= 15 is 0 Å². The molecule has 3 rings (SSSR count). The molecule has 3 aromatic carbocycles. The van der Waals surface area contributed by atoms with Crippen LogP contribution in [0.15, 0.2) is 89.8 Å². The van der Waals surface area contributed by atoms with Crippen molar-refractivity contribution in [3.8, 4) is 0 Å². The van der Waals surface area contributed by atoms with Gasteiger partial charge in [0.2, 0.25) is 10.0 Å². The zero-order chi connectivity index (χ0) is 20.0. The molecule has 0 radical (unpaired) electrons. The second-order valence-electron chi connectivity index (χ2n) is 6.36. The highest BCUT2D eigenvalue weighted by Crippen LogP contribution is 2.20. The number of nitrogens with one attached hydrogen (secondary N) is 2. The summed E-state index contributed by atoms with van der Waals surface area (Å²) in [4.78, 5) is 12.9. The van der Waals surface area contributed by atoms with Gasteiger partial charge in [-0.15, -0.1) is 0 Å². The Morgan fingerprint density at radius 3 is 2.18 bits per heavy atom. The van der Waals surface area contributed by atoms with E-state index in [9.17, 15) is 13.2 Å². The maximum atomic E-state index is 12.9. The van der Waals surface area contributed by atoms with E-state index in [-0.39, 0.29) is 16.8 Å². The topological polar surface area (TPSA) is 75.3 Å². The molecule has 144 valence electrons. The molecule has 0 saturated carbocycles. The first-order valence-corrected chi connectivity index (χ1v) is 10.4. The minimum atomic E-state index is -3.61. The predicted molar refractivity (Wildman–Crippen MR) is 109 cm³/mol. The molecule has 0 aromatic heterocycles. The third-order valence-electron chi connectivity index (χ3n) is 4.47. The maximum absolute atomic E-state index is 12.9. The average Bonchev–Trinajstić information content (AvgIpc) is 2.74. The van der Waals surface area contributed by atoms with E-state index in [4.69, 9.17) is 0 Å². The minimum absolute atomic E-state index is 0.0574. The summed E-state index contributed by atoms with van der Waals surface area (Å²) in [7, 11) is -2.27. The first-order valence-electron chi connectivity index (χ1n) is 8.93. The Balaban J connectivity index is 1.86. The van der Waals surface area contributed by atoms with Gasteiger partial charge in [-0.1, -0.05) is 66.7 Å². The van der Waals surface area contributed by atoms with E-state index in [0.29, 0.717) is 12.0 Å². The maximum Gasteiger partial charge on any atom is 0.251 e. The highest BCUT2D eigenvalue weighted by atomic mass is 32.2. The molecule has 0 bridgehead atoms. The van der Waals surface area contributed by atoms with E-state index in [2.05, 4.69) is 10.0 Å². The largest absolute Gasteiger partial charge is 0.345 e. The zero-order valence-corrected chi connectivity index (χ0v) is 16.3. The van der Waals surface area contributed by atoms with Crippen molar-refractivity contribution in [2.24, 2.45) is 0 Å². The summed E-state index contributed by atoms with van der Waals surface area (Å²) >= 11 is 0. The van der Waals surface area contributed by atoms with Gasteiger partial charge in [-0.3, -0.25) is 4.79 Å². The predicted octanol–water partition coefficient (Wildman–Crippen LogP) is 3.31. The fourth-order valence-electron chi connectivity index (χ4n) is 2.95. The van der Waals surface area contributed by atoms with E-state index in [1.165, 1.54) is 19.2 Å². The van der Waals surface area contributed by atoms with Crippen LogP contribution in [-0.2, 0) is 16.4 Å². The van der Waals surface area contributed by atoms with Gasteiger partial charge in [0.15, 0.2) is 0 Å². The highest BCUT2D eigenvalue weighted by Gasteiger charge is 2.18. The molecule has 2 N–H and O–H groups in total. The fourth-order valence-corrected chi connectivity index (χ4v) is 3.73. The molecule has 6 heteroatoms. The Hall–Kier alpha value is -2.96. The number of benzene rings is 3. The molecular formula is C22H22N2O3S. The number of carbonyl (C=O) groups excluding carboxylic acids is 1. The fraction of sp³-hybridized carbons (Fsp3) is 0.136. The molecule has 0 fully saturated rings. The van der Waals surface area contributed by atoms with Crippen LogP contribution in [0.25, 0.3) is 0 Å². The lowest BCUT2D eigenvalue weighted by Gasteiger charge is -2.20. The van der Waals surface area contributed by atoms with Gasteiger partial charge in [-0.2, -0.15) is 0 Å². The monoisotopic (exact) mass is 394 g/mol. The number of hydrogen-bond donors (Lipinski definition) is 2. The number of amides is 1. The van der Waals surface area contributed by atoms with Gasteiger partial charge < -0.3 is 5.32 Å². The molecular weight excluding hydrogens is 372 g/mol. The Morgan fingerprint density at radius 1 is 0.893 bits per heavy atom. The zero-order valence-electron chi connectivity index (χ0n) is 15.5. The van der Waals surface area contributed by atoms with Crippen molar-refractivity contribution in [3.63, 3.8) is 0 Å². The summed E-state index contributed by atoms with van der Waals surface area (Å²) in [6.45, 7) is 0. The smallest absolute Gasteiger partial charge is 0.251 e. The van der Waals surface area contributed by atoms with Gasteiger partial charge >= 0.3 is 0 Å². The van der Waals surface area contributed by atoms with Crippen molar-refractivity contribution in [2.45, 2.75) is 17.4 Å². The van der Waals surface area contributed by atoms with Crippen LogP contribution in [0.3, 0.4) is 0 Å². The second-order valence-corrected chi connectivity index (χ2v) is 8.25. The Labute approximate surface area is 165 Å². The molecule has 1 atom stereocenters. The van der Waals surface area contributed by atoms with E-state index < -0.39 is 10.0 Å². The number of carbonyl (C=O) groups is 1. The van der Waals surface area contributed by atoms with Crippen molar-refractivity contribution in [1.29, 1.82) is 0 Å². The van der Waals surface area contributed by atoms with Crippen molar-refractivity contribution in [2.75, 3.05) is 7.05 Å². The van der Waals surface area contributed by atoms with Gasteiger partial charge in [0.05, 0.1) is 10.9 Å². The molecule has 5 nitrogen and oxygen atoms in total. The van der Waals surface area contributed by atoms with Crippen molar-refractivity contribution in [1.82, 2.24) is 10.0 Å². The third-order valence-corrected chi connectivity index (χ3v) is 5.88. The lowest BCUT2D eigenvalue weighted by atomic mass is 9.98. The summed E-state index contributed by atoms with van der Waals surface area (Å²) in [5.41, 5.74) is 2.38. The molecule has 0 heterocycles. The highest BCUT2D eigenvalue weighted by molar-refractivity contribution is 7.89. The molecule has 0 aliphatic carbocycles. The first kappa shape index (κ1) is 19.8. The second kappa shape index (κ2) is 8.82. The first-order chi connectivity index (χ1) is 13.5. The molecule has 0 aliphatic heterocycles. The van der Waals surface area contributed by atoms with Gasteiger partial charge in [-0.05, 0) is 42.8 Å². The molecule has 0 saturated heterocycles. The Morgan fingerprint density at radius 2 is 1.54 bits per heavy atom. The number of sulfonamides is 1. The molecule has 1 unspecified atom stereocenters. The SMILES string of the molecule is CNS(=O)(=O)c1cccc(C(=O)NC(Cc2ccccc2)c2ccccc2)c1. The summed E-state index contributed by atoms with van der Waals surface area (Å²) in [5.74, 6) is -0.321. The van der Waals surface area contributed by atoms with Crippen LogP contribution < -0.4 is 10.0 Å². The van der Waals surface area contributed by atoms with E-state index in [0.717, 1.165) is 11.1 Å². The summed E-state index contributed by atoms with van der Waals surface area (Å²) in [6.07, 6.45) is 0.630. The van der Waals surface area contributed by atoms with E-state index in [1.54, 1.807) is 12.1 Å². The van der Waals surface area contributed by atoms with E-state index in [1.807, 2.05) is 60.7 Å². The molecule has 0 spiro atoms. The van der Waals surface area contributed by atoms with Gasteiger partial charge in [0, 0.05) is 5.56 Å². The normalized spacial score (nSPS) is 12.3. The quantitative estimate of drug-likeness (QED) is 0.646. The van der Waals surface area contributed by atoms with Crippen LogP contribution in [0.1, 0.15) is 27.5 Å². The summed E-state index contributed by atoms with van der Waals surface area (Å²) in [6, 6.07) is 25.4. The van der Waals surface area contributed by atoms with Crippen LogP contribution in [0.4, 0.5) is 0 Å². The van der Waals surface area contributed by atoms with Crippen molar-refractivity contribution >= 4 is 15.9 Å². The minimum Gasteiger partial charge on any atom is -0.345 e. The third kappa shape index (κ3) is 4.85. The lowest BCUT2D eigenvalue weighted by molar-refractivity contribution is 0.0936. The van der Waals surface area contributed by atoms with Crippen molar-refractivity contribution in [3.05, 3.63) is 102 Å². The summed E-state index contributed by atoms with van der Waals surface area (Å²) in [5, 5.41) is 3.04. The molecule has 28 heavy (non-hydrogen) atoms. The standard InChI is InChI=1S/C22H22N2O3S/c1-23-28(26,27)20-14-8-13-19(16-20)22(25)24-21(18-11-6-3-7-12-18)15-17-9-4-2-5-10-17/h2-14,16,21,23H,15H2,1H3,(H,24,25). The Kier molecular flexibility index (Phi) is 6.23. The van der Waals surface area contributed by atoms with Crippen LogP contribution in [0, 0.1) is 0 Å². The molecule has 0 aliphatic rings. The van der Waals surface area contributed by atoms with Gasteiger partial charge in [-0.25, -0.2) is 13.1 Å². The van der Waals surface area contributed by atoms with Crippen molar-refractivity contribution < 1.29 is 13.2 Å². The Bertz CT molecular complexity index is 1040. The number of hydrogen-bond acceptors (Lipinski definition) is 3. The van der Waals surface area contributed by atoms with Gasteiger partial charge in [0.1, 0.15) is 0 Å². The average molecular weight is 394 g/mol. The van der Waals surface area contributed by atoms with Gasteiger partial charge in [0.25, 0.3) is 5.91 Å². The number of rotatable bonds is 7. The molecule has 1 amide bonds. The summed E-state index contributed by atoms with van der Waals surface area (Å²) < 4.78 is 26.3.